The number of halogens is 1. The summed E-state index contributed by atoms with van der Waals surface area (Å²) in [5.74, 6) is 0.00635. The fraction of sp³-hybridized carbons (Fsp3) is 0.133. The lowest BCUT2D eigenvalue weighted by Crippen LogP contribution is -2.14. The van der Waals surface area contributed by atoms with Crippen molar-refractivity contribution in [2.45, 2.75) is 12.3 Å². The number of carbonyl (C=O) groups excluding carboxylic acids is 1. The SMILES string of the molecule is O=C1Nc2ccc(Br)cc2C1Cc1ccccc1. The topological polar surface area (TPSA) is 29.1 Å². The number of fused-ring (bicyclic) bond motifs is 1. The molecule has 1 amide bonds. The number of hydrogen-bond donors (Lipinski definition) is 1. The van der Waals surface area contributed by atoms with Crippen LogP contribution in [0.15, 0.2) is 53.0 Å². The van der Waals surface area contributed by atoms with Crippen molar-refractivity contribution < 1.29 is 4.79 Å². The Balaban J connectivity index is 1.94. The highest BCUT2D eigenvalue weighted by atomic mass is 79.9. The third-order valence-electron chi connectivity index (χ3n) is 3.25. The van der Waals surface area contributed by atoms with Gasteiger partial charge in [0.05, 0.1) is 5.92 Å². The van der Waals surface area contributed by atoms with E-state index >= 15 is 0 Å². The highest BCUT2D eigenvalue weighted by Crippen LogP contribution is 2.36. The summed E-state index contributed by atoms with van der Waals surface area (Å²) in [5.41, 5.74) is 3.20. The summed E-state index contributed by atoms with van der Waals surface area (Å²) in [6.07, 6.45) is 0.746. The molecule has 18 heavy (non-hydrogen) atoms. The minimum absolute atomic E-state index is 0.0834. The van der Waals surface area contributed by atoms with Gasteiger partial charge in [-0.2, -0.15) is 0 Å². The molecule has 2 nitrogen and oxygen atoms in total. The number of benzene rings is 2. The molecule has 0 saturated heterocycles. The molecular weight excluding hydrogens is 290 g/mol. The zero-order valence-corrected chi connectivity index (χ0v) is 11.3. The maximum atomic E-state index is 12.0. The molecule has 1 unspecified atom stereocenters. The molecule has 3 heteroatoms. The zero-order chi connectivity index (χ0) is 12.5. The van der Waals surface area contributed by atoms with Crippen LogP contribution in [0.2, 0.25) is 0 Å². The summed E-state index contributed by atoms with van der Waals surface area (Å²) in [6, 6.07) is 16.0. The Morgan fingerprint density at radius 1 is 1.11 bits per heavy atom. The predicted octanol–water partition coefficient (Wildman–Crippen LogP) is 3.73. The van der Waals surface area contributed by atoms with Gasteiger partial charge in [0.15, 0.2) is 0 Å². The molecule has 0 saturated carbocycles. The van der Waals surface area contributed by atoms with Crippen molar-refractivity contribution in [2.24, 2.45) is 0 Å². The predicted molar refractivity (Wildman–Crippen MR) is 75.7 cm³/mol. The second kappa shape index (κ2) is 4.58. The first-order valence-electron chi connectivity index (χ1n) is 5.88. The van der Waals surface area contributed by atoms with Crippen LogP contribution in [-0.4, -0.2) is 5.91 Å². The van der Waals surface area contributed by atoms with Crippen LogP contribution in [0.4, 0.5) is 5.69 Å². The molecular formula is C15H12BrNO. The smallest absolute Gasteiger partial charge is 0.232 e. The lowest BCUT2D eigenvalue weighted by molar-refractivity contribution is -0.117. The second-order valence-electron chi connectivity index (χ2n) is 4.46. The van der Waals surface area contributed by atoms with E-state index in [4.69, 9.17) is 0 Å². The summed E-state index contributed by atoms with van der Waals surface area (Å²) < 4.78 is 1.01. The molecule has 0 spiro atoms. The van der Waals surface area contributed by atoms with E-state index in [9.17, 15) is 4.79 Å². The molecule has 1 atom stereocenters. The third-order valence-corrected chi connectivity index (χ3v) is 3.74. The highest BCUT2D eigenvalue weighted by Gasteiger charge is 2.30. The van der Waals surface area contributed by atoms with Gasteiger partial charge in [0, 0.05) is 10.2 Å². The van der Waals surface area contributed by atoms with E-state index in [-0.39, 0.29) is 11.8 Å². The minimum atomic E-state index is -0.0834. The van der Waals surface area contributed by atoms with E-state index in [1.54, 1.807) is 0 Å². The standard InChI is InChI=1S/C15H12BrNO/c16-11-6-7-14-12(9-11)13(15(18)17-14)8-10-4-2-1-3-5-10/h1-7,9,13H,8H2,(H,17,18). The van der Waals surface area contributed by atoms with Crippen LogP contribution in [0.5, 0.6) is 0 Å². The normalized spacial score (nSPS) is 17.4. The van der Waals surface area contributed by atoms with Crippen molar-refractivity contribution in [3.8, 4) is 0 Å². The van der Waals surface area contributed by atoms with Crippen LogP contribution in [0.3, 0.4) is 0 Å². The average Bonchev–Trinajstić information content (AvgIpc) is 2.67. The summed E-state index contributed by atoms with van der Waals surface area (Å²) in [6.45, 7) is 0. The molecule has 1 aliphatic heterocycles. The van der Waals surface area contributed by atoms with Gasteiger partial charge in [-0.3, -0.25) is 4.79 Å². The molecule has 0 bridgehead atoms. The van der Waals surface area contributed by atoms with Crippen molar-refractivity contribution >= 4 is 27.5 Å². The van der Waals surface area contributed by atoms with Gasteiger partial charge in [-0.15, -0.1) is 0 Å². The molecule has 2 aromatic carbocycles. The van der Waals surface area contributed by atoms with Gasteiger partial charge in [0.2, 0.25) is 5.91 Å². The van der Waals surface area contributed by atoms with Crippen molar-refractivity contribution in [3.05, 3.63) is 64.1 Å². The largest absolute Gasteiger partial charge is 0.325 e. The van der Waals surface area contributed by atoms with Crippen LogP contribution < -0.4 is 5.32 Å². The maximum Gasteiger partial charge on any atom is 0.232 e. The molecule has 2 aromatic rings. The molecule has 90 valence electrons. The Hall–Kier alpha value is -1.61. The van der Waals surface area contributed by atoms with Crippen molar-refractivity contribution in [3.63, 3.8) is 0 Å². The second-order valence-corrected chi connectivity index (χ2v) is 5.38. The van der Waals surface area contributed by atoms with Gasteiger partial charge >= 0.3 is 0 Å². The van der Waals surface area contributed by atoms with Crippen LogP contribution in [0.1, 0.15) is 17.0 Å². The summed E-state index contributed by atoms with van der Waals surface area (Å²) in [7, 11) is 0. The Kier molecular flexibility index (Phi) is 2.92. The molecule has 0 fully saturated rings. The van der Waals surface area contributed by atoms with Crippen molar-refractivity contribution in [2.75, 3.05) is 5.32 Å². The van der Waals surface area contributed by atoms with Crippen LogP contribution in [-0.2, 0) is 11.2 Å². The van der Waals surface area contributed by atoms with E-state index in [1.165, 1.54) is 5.56 Å². The summed E-state index contributed by atoms with van der Waals surface area (Å²) in [5, 5.41) is 2.94. The quantitative estimate of drug-likeness (QED) is 0.900. The number of amides is 1. The van der Waals surface area contributed by atoms with Crippen molar-refractivity contribution in [1.82, 2.24) is 0 Å². The highest BCUT2D eigenvalue weighted by molar-refractivity contribution is 9.10. The fourth-order valence-corrected chi connectivity index (χ4v) is 2.73. The Morgan fingerprint density at radius 3 is 2.67 bits per heavy atom. The van der Waals surface area contributed by atoms with Crippen LogP contribution in [0.25, 0.3) is 0 Å². The van der Waals surface area contributed by atoms with Crippen LogP contribution in [0, 0.1) is 0 Å². The first kappa shape index (κ1) is 11.5. The van der Waals surface area contributed by atoms with E-state index in [2.05, 4.69) is 33.4 Å². The number of anilines is 1. The Bertz CT molecular complexity index is 595. The summed E-state index contributed by atoms with van der Waals surface area (Å²) >= 11 is 3.46. The molecule has 0 aliphatic carbocycles. The molecule has 0 aromatic heterocycles. The van der Waals surface area contributed by atoms with Gasteiger partial charge in [-0.1, -0.05) is 46.3 Å². The third kappa shape index (κ3) is 2.06. The average molecular weight is 302 g/mol. The zero-order valence-electron chi connectivity index (χ0n) is 9.69. The number of nitrogens with one attached hydrogen (secondary N) is 1. The van der Waals surface area contributed by atoms with E-state index < -0.39 is 0 Å². The lowest BCUT2D eigenvalue weighted by Gasteiger charge is -2.09. The molecule has 1 N–H and O–H groups in total. The molecule has 1 aliphatic rings. The van der Waals surface area contributed by atoms with E-state index in [0.717, 1.165) is 22.1 Å². The van der Waals surface area contributed by atoms with E-state index in [1.807, 2.05) is 36.4 Å². The monoisotopic (exact) mass is 301 g/mol. The lowest BCUT2D eigenvalue weighted by atomic mass is 9.93. The van der Waals surface area contributed by atoms with Crippen molar-refractivity contribution in [1.29, 1.82) is 0 Å². The minimum Gasteiger partial charge on any atom is -0.325 e. The molecule has 0 radical (unpaired) electrons. The Morgan fingerprint density at radius 2 is 1.89 bits per heavy atom. The van der Waals surface area contributed by atoms with E-state index in [0.29, 0.717) is 0 Å². The van der Waals surface area contributed by atoms with Gasteiger partial charge < -0.3 is 5.32 Å². The van der Waals surface area contributed by atoms with Gasteiger partial charge in [0.1, 0.15) is 0 Å². The van der Waals surface area contributed by atoms with Gasteiger partial charge in [0.25, 0.3) is 0 Å². The first-order chi connectivity index (χ1) is 8.74. The fourth-order valence-electron chi connectivity index (χ4n) is 2.35. The number of rotatable bonds is 2. The number of hydrogen-bond acceptors (Lipinski definition) is 1. The Labute approximate surface area is 114 Å². The first-order valence-corrected chi connectivity index (χ1v) is 6.67. The summed E-state index contributed by atoms with van der Waals surface area (Å²) in [4.78, 5) is 12.0. The molecule has 3 rings (SSSR count). The maximum absolute atomic E-state index is 12.0. The number of carbonyl (C=O) groups is 1. The van der Waals surface area contributed by atoms with Gasteiger partial charge in [-0.05, 0) is 35.7 Å². The van der Waals surface area contributed by atoms with Crippen LogP contribution >= 0.6 is 15.9 Å². The van der Waals surface area contributed by atoms with Gasteiger partial charge in [-0.25, -0.2) is 0 Å². The molecule has 1 heterocycles.